The molecule has 0 aromatic heterocycles. The molecule has 0 saturated carbocycles. The van der Waals surface area contributed by atoms with E-state index in [4.69, 9.17) is 5.84 Å². The van der Waals surface area contributed by atoms with Gasteiger partial charge in [0, 0.05) is 9.26 Å². The number of aryl methyl sites for hydroxylation is 1. The third-order valence-corrected chi connectivity index (χ3v) is 3.92. The molecular formula is C14H14IN3O. The smallest absolute Gasteiger partial charge is 0.257 e. The molecule has 0 unspecified atom stereocenters. The number of nitrogens with two attached hydrogens (primary N) is 1. The van der Waals surface area contributed by atoms with Crippen molar-refractivity contribution in [2.75, 3.05) is 10.7 Å². The molecule has 0 atom stereocenters. The number of anilines is 2. The fourth-order valence-electron chi connectivity index (χ4n) is 1.68. The van der Waals surface area contributed by atoms with Gasteiger partial charge in [-0.1, -0.05) is 18.2 Å². The molecule has 2 rings (SSSR count). The van der Waals surface area contributed by atoms with Crippen LogP contribution in [0.3, 0.4) is 0 Å². The monoisotopic (exact) mass is 367 g/mol. The van der Waals surface area contributed by atoms with Gasteiger partial charge in [-0.15, -0.1) is 0 Å². The van der Waals surface area contributed by atoms with Crippen LogP contribution in [0.15, 0.2) is 42.5 Å². The van der Waals surface area contributed by atoms with Crippen molar-refractivity contribution < 1.29 is 4.79 Å². The topological polar surface area (TPSA) is 67.2 Å². The predicted octanol–water partition coefficient (Wildman–Crippen LogP) is 3.14. The summed E-state index contributed by atoms with van der Waals surface area (Å²) in [5, 5.41) is 2.86. The minimum Gasteiger partial charge on any atom is -0.323 e. The maximum atomic E-state index is 12.2. The van der Waals surface area contributed by atoms with Gasteiger partial charge in [-0.3, -0.25) is 10.6 Å². The lowest BCUT2D eigenvalue weighted by molar-refractivity contribution is 0.102. The van der Waals surface area contributed by atoms with Gasteiger partial charge >= 0.3 is 0 Å². The van der Waals surface area contributed by atoms with Crippen LogP contribution in [0, 0.1) is 10.5 Å². The first kappa shape index (κ1) is 13.8. The Hall–Kier alpha value is -1.60. The molecule has 0 radical (unpaired) electrons. The lowest BCUT2D eigenvalue weighted by Gasteiger charge is -2.10. The summed E-state index contributed by atoms with van der Waals surface area (Å²) in [6.45, 7) is 2.03. The summed E-state index contributed by atoms with van der Waals surface area (Å²) >= 11 is 2.24. The highest BCUT2D eigenvalue weighted by atomic mass is 127. The minimum absolute atomic E-state index is 0.187. The summed E-state index contributed by atoms with van der Waals surface area (Å²) in [5.74, 6) is 5.21. The highest BCUT2D eigenvalue weighted by molar-refractivity contribution is 14.1. The van der Waals surface area contributed by atoms with Gasteiger partial charge in [0.25, 0.3) is 5.91 Å². The molecule has 0 aliphatic heterocycles. The molecule has 98 valence electrons. The molecule has 0 saturated heterocycles. The predicted molar refractivity (Wildman–Crippen MR) is 86.1 cm³/mol. The summed E-state index contributed by atoms with van der Waals surface area (Å²) in [7, 11) is 0. The Bertz CT molecular complexity index is 613. The van der Waals surface area contributed by atoms with Gasteiger partial charge in [0.1, 0.15) is 0 Å². The Morgan fingerprint density at radius 1 is 1.21 bits per heavy atom. The van der Waals surface area contributed by atoms with Gasteiger partial charge in [-0.2, -0.15) is 0 Å². The van der Waals surface area contributed by atoms with E-state index in [2.05, 4.69) is 33.3 Å². The van der Waals surface area contributed by atoms with Gasteiger partial charge in [-0.25, -0.2) is 0 Å². The number of carbonyl (C=O) groups is 1. The molecular weight excluding hydrogens is 353 g/mol. The molecule has 4 nitrogen and oxygen atoms in total. The van der Waals surface area contributed by atoms with Gasteiger partial charge in [0.2, 0.25) is 0 Å². The molecule has 4 N–H and O–H groups in total. The molecule has 2 aromatic rings. The Balaban J connectivity index is 2.23. The van der Waals surface area contributed by atoms with Gasteiger partial charge in [0.15, 0.2) is 0 Å². The van der Waals surface area contributed by atoms with Crippen LogP contribution in [0.4, 0.5) is 11.4 Å². The van der Waals surface area contributed by atoms with Crippen LogP contribution in [0.2, 0.25) is 0 Å². The maximum Gasteiger partial charge on any atom is 0.257 e. The second-order valence-corrected chi connectivity index (χ2v) is 5.27. The lowest BCUT2D eigenvalue weighted by Crippen LogP contribution is -2.17. The number of nitrogen functional groups attached to an aromatic ring is 1. The third-order valence-electron chi connectivity index (χ3n) is 2.76. The summed E-state index contributed by atoms with van der Waals surface area (Å²) in [5.41, 5.74) is 5.59. The Labute approximate surface area is 125 Å². The molecule has 0 spiro atoms. The lowest BCUT2D eigenvalue weighted by atomic mass is 10.1. The molecule has 1 amide bonds. The van der Waals surface area contributed by atoms with E-state index in [0.717, 1.165) is 9.26 Å². The summed E-state index contributed by atoms with van der Waals surface area (Å²) in [4.78, 5) is 12.2. The Morgan fingerprint density at radius 3 is 2.63 bits per heavy atom. The van der Waals surface area contributed by atoms with Gasteiger partial charge in [0.05, 0.1) is 11.3 Å². The molecule has 2 aromatic carbocycles. The average molecular weight is 367 g/mol. The van der Waals surface area contributed by atoms with E-state index in [1.54, 1.807) is 18.2 Å². The van der Waals surface area contributed by atoms with E-state index in [1.165, 1.54) is 5.56 Å². The summed E-state index contributed by atoms with van der Waals surface area (Å²) in [6.07, 6.45) is 0. The number of hydrogen-bond acceptors (Lipinski definition) is 3. The van der Waals surface area contributed by atoms with E-state index in [0.29, 0.717) is 11.3 Å². The van der Waals surface area contributed by atoms with Crippen molar-refractivity contribution in [3.05, 3.63) is 57.2 Å². The van der Waals surface area contributed by atoms with Crippen molar-refractivity contribution in [2.24, 2.45) is 5.84 Å². The number of amides is 1. The van der Waals surface area contributed by atoms with Crippen LogP contribution >= 0.6 is 22.6 Å². The number of carbonyl (C=O) groups excluding carboxylic acids is 1. The zero-order valence-electron chi connectivity index (χ0n) is 10.4. The Kier molecular flexibility index (Phi) is 4.39. The van der Waals surface area contributed by atoms with Crippen molar-refractivity contribution in [3.8, 4) is 0 Å². The fourth-order valence-corrected chi connectivity index (χ4v) is 2.19. The SMILES string of the molecule is Cc1ccc(NC(=O)c2ccccc2NN)cc1I. The first-order valence-electron chi connectivity index (χ1n) is 5.75. The fraction of sp³-hybridized carbons (Fsp3) is 0.0714. The number of para-hydroxylation sites is 1. The van der Waals surface area contributed by atoms with Crippen LogP contribution in [0.1, 0.15) is 15.9 Å². The van der Waals surface area contributed by atoms with E-state index < -0.39 is 0 Å². The zero-order chi connectivity index (χ0) is 13.8. The van der Waals surface area contributed by atoms with Gasteiger partial charge in [-0.05, 0) is 59.3 Å². The zero-order valence-corrected chi connectivity index (χ0v) is 12.6. The van der Waals surface area contributed by atoms with E-state index >= 15 is 0 Å². The number of benzene rings is 2. The van der Waals surface area contributed by atoms with E-state index in [9.17, 15) is 4.79 Å². The number of halogens is 1. The number of nitrogens with one attached hydrogen (secondary N) is 2. The molecule has 0 bridgehead atoms. The van der Waals surface area contributed by atoms with E-state index in [-0.39, 0.29) is 5.91 Å². The standard InChI is InChI=1S/C14H14IN3O/c1-9-6-7-10(8-12(9)15)17-14(19)11-4-2-3-5-13(11)18-16/h2-8,18H,16H2,1H3,(H,17,19). The number of rotatable bonds is 3. The number of hydrazine groups is 1. The van der Waals surface area contributed by atoms with Crippen molar-refractivity contribution in [1.29, 1.82) is 0 Å². The molecule has 0 fully saturated rings. The highest BCUT2D eigenvalue weighted by Crippen LogP contribution is 2.19. The molecule has 0 aliphatic carbocycles. The largest absolute Gasteiger partial charge is 0.323 e. The van der Waals surface area contributed by atoms with Crippen LogP contribution in [0.5, 0.6) is 0 Å². The van der Waals surface area contributed by atoms with Gasteiger partial charge < -0.3 is 10.7 Å². The molecule has 0 heterocycles. The van der Waals surface area contributed by atoms with Crippen LogP contribution < -0.4 is 16.6 Å². The molecule has 0 aliphatic rings. The second-order valence-electron chi connectivity index (χ2n) is 4.11. The second kappa shape index (κ2) is 6.03. The average Bonchev–Trinajstić information content (AvgIpc) is 2.43. The number of hydrogen-bond donors (Lipinski definition) is 3. The first-order valence-corrected chi connectivity index (χ1v) is 6.83. The molecule has 5 heteroatoms. The van der Waals surface area contributed by atoms with E-state index in [1.807, 2.05) is 31.2 Å². The van der Waals surface area contributed by atoms with Crippen molar-refractivity contribution in [3.63, 3.8) is 0 Å². The van der Waals surface area contributed by atoms with Crippen LogP contribution in [-0.2, 0) is 0 Å². The van der Waals surface area contributed by atoms with Crippen molar-refractivity contribution in [1.82, 2.24) is 0 Å². The quantitative estimate of drug-likeness (QED) is 0.444. The minimum atomic E-state index is -0.187. The van der Waals surface area contributed by atoms with Crippen molar-refractivity contribution in [2.45, 2.75) is 6.92 Å². The first-order chi connectivity index (χ1) is 9.11. The molecule has 19 heavy (non-hydrogen) atoms. The Morgan fingerprint density at radius 2 is 1.95 bits per heavy atom. The summed E-state index contributed by atoms with van der Waals surface area (Å²) < 4.78 is 1.11. The van der Waals surface area contributed by atoms with Crippen LogP contribution in [0.25, 0.3) is 0 Å². The van der Waals surface area contributed by atoms with Crippen LogP contribution in [-0.4, -0.2) is 5.91 Å². The summed E-state index contributed by atoms with van der Waals surface area (Å²) in [6, 6.07) is 12.9. The van der Waals surface area contributed by atoms with Crippen molar-refractivity contribution >= 4 is 39.9 Å². The highest BCUT2D eigenvalue weighted by Gasteiger charge is 2.10. The maximum absolute atomic E-state index is 12.2. The third kappa shape index (κ3) is 3.24. The normalized spacial score (nSPS) is 10.1.